The Morgan fingerprint density at radius 3 is 2.00 bits per heavy atom. The van der Waals surface area contributed by atoms with Crippen molar-refractivity contribution in [3.05, 3.63) is 126 Å². The lowest BCUT2D eigenvalue weighted by atomic mass is 9.86. The van der Waals surface area contributed by atoms with Crippen LogP contribution < -0.4 is 4.67 Å². The quantitative estimate of drug-likeness (QED) is 0.245. The smallest absolute Gasteiger partial charge is 0.236 e. The van der Waals surface area contributed by atoms with Gasteiger partial charge in [-0.3, -0.25) is 0 Å². The van der Waals surface area contributed by atoms with E-state index in [1.807, 2.05) is 6.21 Å². The van der Waals surface area contributed by atoms with Crippen LogP contribution in [0.15, 0.2) is 126 Å². The molecule has 0 saturated heterocycles. The minimum absolute atomic E-state index is 0.428. The van der Waals surface area contributed by atoms with E-state index in [4.69, 9.17) is 9.66 Å². The molecule has 4 aromatic carbocycles. The van der Waals surface area contributed by atoms with E-state index >= 15 is 0 Å². The third kappa shape index (κ3) is 3.78. The molecule has 1 aliphatic carbocycles. The van der Waals surface area contributed by atoms with Crippen LogP contribution in [0.1, 0.15) is 18.9 Å². The van der Waals surface area contributed by atoms with Crippen LogP contribution >= 0.6 is 0 Å². The third-order valence-corrected chi connectivity index (χ3v) is 7.29. The van der Waals surface area contributed by atoms with E-state index < -0.39 is 0 Å². The highest BCUT2D eigenvalue weighted by Gasteiger charge is 2.28. The van der Waals surface area contributed by atoms with Gasteiger partial charge < -0.3 is 0 Å². The first-order chi connectivity index (χ1) is 18.2. The van der Waals surface area contributed by atoms with Crippen LogP contribution in [0.4, 0.5) is 0 Å². The fourth-order valence-electron chi connectivity index (χ4n) is 5.54. The average molecular weight is 477 g/mol. The minimum Gasteiger partial charge on any atom is -0.236 e. The van der Waals surface area contributed by atoms with Gasteiger partial charge in [-0.05, 0) is 52.8 Å². The molecule has 7 rings (SSSR count). The lowest BCUT2D eigenvalue weighted by molar-refractivity contribution is 0.727. The maximum atomic E-state index is 5.05. The number of benzene rings is 4. The van der Waals surface area contributed by atoms with Crippen LogP contribution in [0.5, 0.6) is 0 Å². The highest BCUT2D eigenvalue weighted by Crippen LogP contribution is 2.32. The van der Waals surface area contributed by atoms with E-state index in [-0.39, 0.29) is 0 Å². The Balaban J connectivity index is 1.23. The van der Waals surface area contributed by atoms with E-state index in [9.17, 15) is 0 Å². The Labute approximate surface area is 216 Å². The van der Waals surface area contributed by atoms with Crippen molar-refractivity contribution in [2.24, 2.45) is 10.9 Å². The summed E-state index contributed by atoms with van der Waals surface area (Å²) in [5.74, 6) is 1.15. The Morgan fingerprint density at radius 1 is 0.703 bits per heavy atom. The number of rotatable bonds is 3. The number of para-hydroxylation sites is 2. The maximum absolute atomic E-state index is 5.05. The predicted molar refractivity (Wildman–Crippen MR) is 157 cm³/mol. The minimum atomic E-state index is 0.428. The second kappa shape index (κ2) is 8.74. The lowest BCUT2D eigenvalue weighted by Gasteiger charge is -2.17. The van der Waals surface area contributed by atoms with E-state index in [0.29, 0.717) is 5.92 Å². The second-order valence-electron chi connectivity index (χ2n) is 9.84. The lowest BCUT2D eigenvalue weighted by Crippen LogP contribution is -2.12. The first-order valence-corrected chi connectivity index (χ1v) is 12.8. The number of hydrogen-bond donors (Lipinski definition) is 0. The van der Waals surface area contributed by atoms with Gasteiger partial charge in [-0.15, -0.1) is 0 Å². The van der Waals surface area contributed by atoms with Crippen molar-refractivity contribution >= 4 is 45.3 Å². The molecule has 0 spiro atoms. The summed E-state index contributed by atoms with van der Waals surface area (Å²) in [7, 11) is 0. The van der Waals surface area contributed by atoms with Gasteiger partial charge in [0, 0.05) is 16.3 Å². The molecule has 5 aromatic rings. The summed E-state index contributed by atoms with van der Waals surface area (Å²) in [5.41, 5.74) is 9.39. The molecule has 0 N–H and O–H groups in total. The molecule has 176 valence electrons. The van der Waals surface area contributed by atoms with Crippen molar-refractivity contribution < 1.29 is 0 Å². The molecular formula is C34H26N3+. The zero-order chi connectivity index (χ0) is 24.8. The van der Waals surface area contributed by atoms with Gasteiger partial charge in [0.25, 0.3) is 0 Å². The Hall–Kier alpha value is -4.72. The molecule has 1 aliphatic heterocycles. The molecule has 2 aliphatic rings. The third-order valence-electron chi connectivity index (χ3n) is 7.29. The van der Waals surface area contributed by atoms with Gasteiger partial charge in [0.15, 0.2) is 5.71 Å². The van der Waals surface area contributed by atoms with E-state index in [0.717, 1.165) is 29.1 Å². The zero-order valence-electron chi connectivity index (χ0n) is 20.7. The normalized spacial score (nSPS) is 17.1. The molecule has 0 bridgehead atoms. The van der Waals surface area contributed by atoms with Crippen LogP contribution in [0.2, 0.25) is 0 Å². The molecule has 1 aromatic heterocycles. The summed E-state index contributed by atoms with van der Waals surface area (Å²) in [6, 6.07) is 36.3. The fraction of sp³-hybridized carbons (Fsp3) is 0.0882. The summed E-state index contributed by atoms with van der Waals surface area (Å²) >= 11 is 0. The van der Waals surface area contributed by atoms with Crippen LogP contribution in [0.25, 0.3) is 38.5 Å². The summed E-state index contributed by atoms with van der Waals surface area (Å²) in [6.07, 6.45) is 7.54. The van der Waals surface area contributed by atoms with E-state index in [1.54, 1.807) is 0 Å². The van der Waals surface area contributed by atoms with Gasteiger partial charge in [0.05, 0.1) is 0 Å². The van der Waals surface area contributed by atoms with Gasteiger partial charge in [-0.25, -0.2) is 4.67 Å². The molecular weight excluding hydrogens is 450 g/mol. The number of fused-ring (bicyclic) bond motifs is 3. The van der Waals surface area contributed by atoms with Gasteiger partial charge in [-0.1, -0.05) is 109 Å². The summed E-state index contributed by atoms with van der Waals surface area (Å²) in [5, 5.41) is 2.44. The number of nitrogens with zero attached hydrogens (tertiary/aromatic N) is 3. The van der Waals surface area contributed by atoms with E-state index in [2.05, 4.69) is 127 Å². The summed E-state index contributed by atoms with van der Waals surface area (Å²) in [4.78, 5) is 5.05. The van der Waals surface area contributed by atoms with E-state index in [1.165, 1.54) is 38.6 Å². The molecule has 2 heterocycles. The number of aromatic nitrogens is 1. The number of hydrogen-bond acceptors (Lipinski definition) is 1. The SMILES string of the molecule is CC1C=C(c2ccc(-c3ccccc3)cc2)C=C(C2=NC(n3c4ccccc4c4ccccc43)=[N+]=C2)C1. The first kappa shape index (κ1) is 21.6. The average Bonchev–Trinajstić information content (AvgIpc) is 3.56. The number of aliphatic imine (C=N–C) groups is 1. The second-order valence-corrected chi connectivity index (χ2v) is 9.84. The maximum Gasteiger partial charge on any atom is 0.493 e. The monoisotopic (exact) mass is 476 g/mol. The standard InChI is InChI=1S/C34H26N3/c1-23-19-27(26-17-15-25(16-18-26)24-9-3-2-4-10-24)21-28(20-23)31-22-35-34(36-31)37-32-13-7-5-11-29(32)30-12-6-8-14-33(30)37/h2-19,21-23H,20H2,1H3/q+1. The predicted octanol–water partition coefficient (Wildman–Crippen LogP) is 7.31. The van der Waals surface area contributed by atoms with Gasteiger partial charge in [-0.2, -0.15) is 4.57 Å². The Kier molecular flexibility index (Phi) is 5.09. The van der Waals surface area contributed by atoms with Gasteiger partial charge in [0.2, 0.25) is 6.21 Å². The largest absolute Gasteiger partial charge is 0.493 e. The topological polar surface area (TPSA) is 31.4 Å². The van der Waals surface area contributed by atoms with Crippen molar-refractivity contribution in [2.45, 2.75) is 13.3 Å². The Morgan fingerprint density at radius 2 is 1.30 bits per heavy atom. The van der Waals surface area contributed by atoms with Crippen LogP contribution in [0.3, 0.4) is 0 Å². The van der Waals surface area contributed by atoms with Crippen molar-refractivity contribution in [3.8, 4) is 11.1 Å². The molecule has 3 heteroatoms. The van der Waals surface area contributed by atoms with Crippen molar-refractivity contribution in [3.63, 3.8) is 0 Å². The van der Waals surface area contributed by atoms with Crippen molar-refractivity contribution in [2.75, 3.05) is 0 Å². The first-order valence-electron chi connectivity index (χ1n) is 12.8. The highest BCUT2D eigenvalue weighted by molar-refractivity contribution is 6.43. The van der Waals surface area contributed by atoms with Gasteiger partial charge >= 0.3 is 5.96 Å². The molecule has 0 amide bonds. The van der Waals surface area contributed by atoms with Gasteiger partial charge in [0.1, 0.15) is 11.0 Å². The molecule has 1 atom stereocenters. The highest BCUT2D eigenvalue weighted by atomic mass is 15.2. The van der Waals surface area contributed by atoms with Crippen molar-refractivity contribution in [1.82, 2.24) is 9.24 Å². The van der Waals surface area contributed by atoms with Crippen LogP contribution in [0, 0.1) is 5.92 Å². The summed E-state index contributed by atoms with van der Waals surface area (Å²) < 4.78 is 6.97. The molecule has 0 radical (unpaired) electrons. The zero-order valence-corrected chi connectivity index (χ0v) is 20.7. The molecule has 1 unspecified atom stereocenters. The van der Waals surface area contributed by atoms with Crippen LogP contribution in [-0.4, -0.2) is 22.5 Å². The fourth-order valence-corrected chi connectivity index (χ4v) is 5.54. The molecule has 3 nitrogen and oxygen atoms in total. The Bertz CT molecular complexity index is 1770. The summed E-state index contributed by atoms with van der Waals surface area (Å²) in [6.45, 7) is 2.27. The molecule has 37 heavy (non-hydrogen) atoms. The molecule has 0 saturated carbocycles. The molecule has 0 fully saturated rings. The number of allylic oxidation sites excluding steroid dienone is 4. The van der Waals surface area contributed by atoms with Crippen LogP contribution in [-0.2, 0) is 0 Å². The van der Waals surface area contributed by atoms with Crippen molar-refractivity contribution in [1.29, 1.82) is 0 Å².